The number of hydrogen-bond acceptors (Lipinski definition) is 3. The average Bonchev–Trinajstić information content (AvgIpc) is 2.34. The Morgan fingerprint density at radius 2 is 1.90 bits per heavy atom. The van der Waals surface area contributed by atoms with Crippen LogP contribution in [0.4, 0.5) is 0 Å². The largest absolute Gasteiger partial charge is 0.492 e. The molecule has 1 aromatic rings. The fraction of sp³-hybridized carbons (Fsp3) is 0.500. The molecule has 0 aliphatic carbocycles. The first-order chi connectivity index (χ1) is 8.80. The highest BCUT2D eigenvalue weighted by Gasteiger charge is 2.26. The summed E-state index contributed by atoms with van der Waals surface area (Å²) in [5.41, 5.74) is 5.59. The van der Waals surface area contributed by atoms with Gasteiger partial charge in [-0.2, -0.15) is 0 Å². The van der Waals surface area contributed by atoms with Crippen LogP contribution in [0.1, 0.15) is 20.8 Å². The van der Waals surface area contributed by atoms with Crippen LogP contribution in [0.15, 0.2) is 24.3 Å². The van der Waals surface area contributed by atoms with Crippen molar-refractivity contribution in [3.63, 3.8) is 0 Å². The summed E-state index contributed by atoms with van der Waals surface area (Å²) in [6.45, 7) is 6.61. The molecule has 1 atom stereocenters. The Kier molecular flexibility index (Phi) is 7.94. The zero-order valence-electron chi connectivity index (χ0n) is 12.0. The van der Waals surface area contributed by atoms with Gasteiger partial charge in [0.1, 0.15) is 12.4 Å². The van der Waals surface area contributed by atoms with Gasteiger partial charge in [-0.05, 0) is 29.7 Å². The van der Waals surface area contributed by atoms with Crippen molar-refractivity contribution >= 4 is 29.9 Å². The third kappa shape index (κ3) is 6.46. The van der Waals surface area contributed by atoms with Gasteiger partial charge in [0.15, 0.2) is 0 Å². The maximum Gasteiger partial charge on any atom is 0.237 e. The van der Waals surface area contributed by atoms with Crippen molar-refractivity contribution < 1.29 is 9.53 Å². The fourth-order valence-corrected chi connectivity index (χ4v) is 1.50. The van der Waals surface area contributed by atoms with Crippen molar-refractivity contribution in [1.29, 1.82) is 0 Å². The van der Waals surface area contributed by atoms with Crippen LogP contribution < -0.4 is 15.8 Å². The molecule has 0 aliphatic rings. The Morgan fingerprint density at radius 3 is 2.40 bits per heavy atom. The molecule has 4 nitrogen and oxygen atoms in total. The number of halogens is 2. The van der Waals surface area contributed by atoms with Crippen LogP contribution in [-0.2, 0) is 4.79 Å². The van der Waals surface area contributed by atoms with Gasteiger partial charge in [0, 0.05) is 5.02 Å². The van der Waals surface area contributed by atoms with Crippen molar-refractivity contribution in [2.45, 2.75) is 26.8 Å². The first-order valence-electron chi connectivity index (χ1n) is 6.22. The van der Waals surface area contributed by atoms with E-state index in [1.54, 1.807) is 24.3 Å². The van der Waals surface area contributed by atoms with Gasteiger partial charge in [0.2, 0.25) is 5.91 Å². The number of amides is 1. The molecule has 0 heterocycles. The number of nitrogens with two attached hydrogens (primary N) is 1. The fourth-order valence-electron chi connectivity index (χ4n) is 1.38. The highest BCUT2D eigenvalue weighted by molar-refractivity contribution is 6.30. The summed E-state index contributed by atoms with van der Waals surface area (Å²) in [5.74, 6) is 0.561. The quantitative estimate of drug-likeness (QED) is 0.820. The molecule has 3 N–H and O–H groups in total. The van der Waals surface area contributed by atoms with E-state index in [0.29, 0.717) is 18.2 Å². The topological polar surface area (TPSA) is 64.4 Å². The summed E-state index contributed by atoms with van der Waals surface area (Å²) in [6, 6.07) is 6.55. The number of hydrogen-bond donors (Lipinski definition) is 2. The lowest BCUT2D eigenvalue weighted by Crippen LogP contribution is -2.49. The van der Waals surface area contributed by atoms with Crippen molar-refractivity contribution in [2.24, 2.45) is 11.1 Å². The Morgan fingerprint density at radius 1 is 1.35 bits per heavy atom. The molecule has 0 unspecified atom stereocenters. The lowest BCUT2D eigenvalue weighted by molar-refractivity contribution is -0.124. The van der Waals surface area contributed by atoms with E-state index in [1.165, 1.54) is 0 Å². The third-order valence-corrected chi connectivity index (χ3v) is 2.95. The molecule has 0 fully saturated rings. The van der Waals surface area contributed by atoms with Crippen LogP contribution in [0, 0.1) is 5.41 Å². The predicted molar refractivity (Wildman–Crippen MR) is 84.6 cm³/mol. The van der Waals surface area contributed by atoms with Gasteiger partial charge in [-0.3, -0.25) is 4.79 Å². The van der Waals surface area contributed by atoms with Gasteiger partial charge in [-0.15, -0.1) is 12.4 Å². The number of rotatable bonds is 5. The van der Waals surface area contributed by atoms with Gasteiger partial charge in [0.05, 0.1) is 12.6 Å². The zero-order valence-corrected chi connectivity index (χ0v) is 13.6. The molecule has 6 heteroatoms. The first-order valence-corrected chi connectivity index (χ1v) is 6.60. The van der Waals surface area contributed by atoms with Gasteiger partial charge >= 0.3 is 0 Å². The van der Waals surface area contributed by atoms with Crippen LogP contribution in [0.3, 0.4) is 0 Å². The predicted octanol–water partition coefficient (Wildman–Crippen LogP) is 2.63. The van der Waals surface area contributed by atoms with Gasteiger partial charge in [-0.25, -0.2) is 0 Å². The Balaban J connectivity index is 0.00000361. The first kappa shape index (κ1) is 19.0. The van der Waals surface area contributed by atoms with Gasteiger partial charge in [-0.1, -0.05) is 32.4 Å². The van der Waals surface area contributed by atoms with E-state index in [1.807, 2.05) is 20.8 Å². The number of ether oxygens (including phenoxy) is 1. The van der Waals surface area contributed by atoms with Crippen LogP contribution in [0.25, 0.3) is 0 Å². The molecule has 0 radical (unpaired) electrons. The maximum atomic E-state index is 11.7. The summed E-state index contributed by atoms with van der Waals surface area (Å²) in [7, 11) is 0. The SMILES string of the molecule is CC(C)(C)[C@H](N)C(=O)NCCOc1ccc(Cl)cc1.Cl. The van der Waals surface area contributed by atoms with E-state index in [2.05, 4.69) is 5.32 Å². The van der Waals surface area contributed by atoms with E-state index in [-0.39, 0.29) is 23.7 Å². The standard InChI is InChI=1S/C14H21ClN2O2.ClH/c1-14(2,3)12(16)13(18)17-8-9-19-11-6-4-10(15)5-7-11;/h4-7,12H,8-9,16H2,1-3H3,(H,17,18);1H/t12-;/m1./s1. The van der Waals surface area contributed by atoms with E-state index >= 15 is 0 Å². The van der Waals surface area contributed by atoms with Crippen molar-refractivity contribution in [3.05, 3.63) is 29.3 Å². The van der Waals surface area contributed by atoms with Crippen LogP contribution in [-0.4, -0.2) is 25.1 Å². The molecule has 1 rings (SSSR count). The molecular formula is C14H22Cl2N2O2. The van der Waals surface area contributed by atoms with E-state index in [0.717, 1.165) is 5.75 Å². The van der Waals surface area contributed by atoms with E-state index in [9.17, 15) is 4.79 Å². The molecular weight excluding hydrogens is 299 g/mol. The Hall–Kier alpha value is -0.970. The minimum Gasteiger partial charge on any atom is -0.492 e. The van der Waals surface area contributed by atoms with Crippen LogP contribution in [0.2, 0.25) is 5.02 Å². The molecule has 0 saturated carbocycles. The minimum atomic E-state index is -0.525. The minimum absolute atomic E-state index is 0. The smallest absolute Gasteiger partial charge is 0.237 e. The molecule has 0 bridgehead atoms. The number of carbonyl (C=O) groups is 1. The second kappa shape index (κ2) is 8.35. The molecule has 1 aromatic carbocycles. The van der Waals surface area contributed by atoms with E-state index in [4.69, 9.17) is 22.1 Å². The van der Waals surface area contributed by atoms with Crippen molar-refractivity contribution in [2.75, 3.05) is 13.2 Å². The number of benzene rings is 1. The molecule has 1 amide bonds. The Labute approximate surface area is 131 Å². The normalized spacial score (nSPS) is 12.2. The zero-order chi connectivity index (χ0) is 14.5. The lowest BCUT2D eigenvalue weighted by atomic mass is 9.87. The van der Waals surface area contributed by atoms with Crippen molar-refractivity contribution in [3.8, 4) is 5.75 Å². The number of nitrogens with one attached hydrogen (secondary N) is 1. The molecule has 114 valence electrons. The molecule has 0 saturated heterocycles. The summed E-state index contributed by atoms with van der Waals surface area (Å²) >= 11 is 5.77. The third-order valence-electron chi connectivity index (χ3n) is 2.70. The molecule has 20 heavy (non-hydrogen) atoms. The lowest BCUT2D eigenvalue weighted by Gasteiger charge is -2.25. The number of carbonyl (C=O) groups excluding carboxylic acids is 1. The highest BCUT2D eigenvalue weighted by Crippen LogP contribution is 2.17. The summed E-state index contributed by atoms with van der Waals surface area (Å²) in [6.07, 6.45) is 0. The average molecular weight is 321 g/mol. The van der Waals surface area contributed by atoms with Gasteiger partial charge < -0.3 is 15.8 Å². The monoisotopic (exact) mass is 320 g/mol. The maximum absolute atomic E-state index is 11.7. The highest BCUT2D eigenvalue weighted by atomic mass is 35.5. The van der Waals surface area contributed by atoms with Gasteiger partial charge in [0.25, 0.3) is 0 Å². The molecule has 0 spiro atoms. The summed E-state index contributed by atoms with van der Waals surface area (Å²) in [5, 5.41) is 3.42. The summed E-state index contributed by atoms with van der Waals surface area (Å²) < 4.78 is 5.46. The van der Waals surface area contributed by atoms with Crippen LogP contribution >= 0.6 is 24.0 Å². The second-order valence-corrected chi connectivity index (χ2v) is 5.87. The summed E-state index contributed by atoms with van der Waals surface area (Å²) in [4.78, 5) is 11.7. The van der Waals surface area contributed by atoms with Crippen molar-refractivity contribution in [1.82, 2.24) is 5.32 Å². The second-order valence-electron chi connectivity index (χ2n) is 5.44. The molecule has 0 aromatic heterocycles. The van der Waals surface area contributed by atoms with Crippen LogP contribution in [0.5, 0.6) is 5.75 Å². The molecule has 0 aliphatic heterocycles. The van der Waals surface area contributed by atoms with E-state index < -0.39 is 6.04 Å². The Bertz CT molecular complexity index is 416.